The molecule has 32 heavy (non-hydrogen) atoms. The third-order valence-corrected chi connectivity index (χ3v) is 6.19. The van der Waals surface area contributed by atoms with Crippen molar-refractivity contribution in [3.63, 3.8) is 0 Å². The molecule has 1 spiro atoms. The molecule has 168 valence electrons. The number of benzene rings is 2. The monoisotopic (exact) mass is 436 g/mol. The Morgan fingerprint density at radius 2 is 1.78 bits per heavy atom. The van der Waals surface area contributed by atoms with E-state index in [9.17, 15) is 10.1 Å². The Morgan fingerprint density at radius 1 is 1.06 bits per heavy atom. The van der Waals surface area contributed by atoms with E-state index in [0.717, 1.165) is 48.8 Å². The second kappa shape index (κ2) is 8.14. The lowest BCUT2D eigenvalue weighted by molar-refractivity contribution is -0.384. The van der Waals surface area contributed by atoms with E-state index in [-0.39, 0.29) is 17.6 Å². The predicted octanol–water partition coefficient (Wildman–Crippen LogP) is 4.42. The summed E-state index contributed by atoms with van der Waals surface area (Å²) in [5, 5.41) is 11.7. The molecule has 0 bridgehead atoms. The molecule has 0 amide bonds. The van der Waals surface area contributed by atoms with Crippen LogP contribution in [0.5, 0.6) is 11.5 Å². The van der Waals surface area contributed by atoms with Crippen LogP contribution in [0.4, 0.5) is 11.4 Å². The van der Waals surface area contributed by atoms with Gasteiger partial charge in [-0.3, -0.25) is 15.0 Å². The van der Waals surface area contributed by atoms with E-state index < -0.39 is 10.6 Å². The number of aryl methyl sites for hydroxylation is 2. The number of nitrogens with zero attached hydrogens (tertiary/aromatic N) is 4. The molecule has 4 rings (SSSR count). The van der Waals surface area contributed by atoms with Crippen LogP contribution in [0.3, 0.4) is 0 Å². The van der Waals surface area contributed by atoms with Crippen molar-refractivity contribution in [2.75, 3.05) is 4.90 Å². The Balaban J connectivity index is 1.82. The van der Waals surface area contributed by atoms with Crippen LogP contribution in [0.2, 0.25) is 0 Å². The van der Waals surface area contributed by atoms with E-state index in [0.29, 0.717) is 17.2 Å². The zero-order valence-electron chi connectivity index (χ0n) is 18.6. The molecule has 4 N–H and O–H groups in total. The van der Waals surface area contributed by atoms with E-state index in [4.69, 9.17) is 16.2 Å². The summed E-state index contributed by atoms with van der Waals surface area (Å²) in [6, 6.07) is 8.65. The molecule has 0 radical (unpaired) electrons. The Morgan fingerprint density at radius 3 is 2.47 bits per heavy atom. The summed E-state index contributed by atoms with van der Waals surface area (Å²) < 4.78 is 6.15. The molecular weight excluding hydrogens is 408 g/mol. The third-order valence-electron chi connectivity index (χ3n) is 6.19. The van der Waals surface area contributed by atoms with Crippen LogP contribution in [-0.4, -0.2) is 22.5 Å². The SMILES string of the molecule is Cc1cc(C)c(C)c(Oc2cc(N3C(N)=NC(N)=NC34CCCCC4)cc([N+](=O)[O-])c2)c1. The molecule has 2 aromatic rings. The highest BCUT2D eigenvalue weighted by atomic mass is 16.6. The van der Waals surface area contributed by atoms with Gasteiger partial charge in [0, 0.05) is 12.1 Å². The van der Waals surface area contributed by atoms with Crippen LogP contribution in [0.15, 0.2) is 40.3 Å². The molecule has 0 unspecified atom stereocenters. The number of nitro groups is 1. The van der Waals surface area contributed by atoms with Crippen molar-refractivity contribution in [3.8, 4) is 11.5 Å². The first kappa shape index (κ1) is 21.6. The molecule has 1 saturated carbocycles. The third kappa shape index (κ3) is 3.98. The van der Waals surface area contributed by atoms with Gasteiger partial charge >= 0.3 is 0 Å². The Kier molecular flexibility index (Phi) is 5.50. The van der Waals surface area contributed by atoms with E-state index in [1.807, 2.05) is 26.8 Å². The van der Waals surface area contributed by atoms with Gasteiger partial charge in [0.15, 0.2) is 0 Å². The van der Waals surface area contributed by atoms with Crippen LogP contribution in [0.1, 0.15) is 48.8 Å². The molecule has 9 heteroatoms. The minimum atomic E-state index is -0.698. The van der Waals surface area contributed by atoms with Gasteiger partial charge in [0.1, 0.15) is 17.2 Å². The molecule has 0 saturated heterocycles. The summed E-state index contributed by atoms with van der Waals surface area (Å²) in [6.07, 6.45) is 4.48. The number of non-ortho nitro benzene ring substituents is 1. The number of hydrogen-bond acceptors (Lipinski definition) is 8. The van der Waals surface area contributed by atoms with Crippen LogP contribution in [0, 0.1) is 30.9 Å². The molecule has 1 aliphatic carbocycles. The van der Waals surface area contributed by atoms with Gasteiger partial charge in [-0.05, 0) is 69.2 Å². The molecule has 1 heterocycles. The minimum absolute atomic E-state index is 0.0965. The van der Waals surface area contributed by atoms with E-state index >= 15 is 0 Å². The van der Waals surface area contributed by atoms with Crippen LogP contribution >= 0.6 is 0 Å². The maximum atomic E-state index is 11.7. The summed E-state index contributed by atoms with van der Waals surface area (Å²) in [7, 11) is 0. The van der Waals surface area contributed by atoms with Crippen molar-refractivity contribution in [3.05, 3.63) is 57.1 Å². The number of guanidine groups is 2. The van der Waals surface area contributed by atoms with Crippen LogP contribution in [0.25, 0.3) is 0 Å². The Hall–Kier alpha value is -3.62. The quantitative estimate of drug-likeness (QED) is 0.538. The zero-order valence-corrected chi connectivity index (χ0v) is 18.6. The van der Waals surface area contributed by atoms with E-state index in [2.05, 4.69) is 16.1 Å². The first-order chi connectivity index (χ1) is 15.2. The highest BCUT2D eigenvalue weighted by Crippen LogP contribution is 2.42. The molecule has 0 atom stereocenters. The molecule has 1 aliphatic heterocycles. The molecule has 0 aromatic heterocycles. The Bertz CT molecular complexity index is 1130. The highest BCUT2D eigenvalue weighted by Gasteiger charge is 2.43. The topological polar surface area (TPSA) is 132 Å². The fourth-order valence-corrected chi connectivity index (χ4v) is 4.59. The van der Waals surface area contributed by atoms with Gasteiger partial charge in [-0.1, -0.05) is 12.5 Å². The molecular formula is C23H28N6O3. The van der Waals surface area contributed by atoms with Crippen LogP contribution < -0.4 is 21.1 Å². The van der Waals surface area contributed by atoms with E-state index in [1.165, 1.54) is 12.1 Å². The second-order valence-corrected chi connectivity index (χ2v) is 8.57. The number of anilines is 1. The van der Waals surface area contributed by atoms with Gasteiger partial charge in [-0.25, -0.2) is 4.99 Å². The van der Waals surface area contributed by atoms with Crippen LogP contribution in [-0.2, 0) is 0 Å². The summed E-state index contributed by atoms with van der Waals surface area (Å²) in [5.41, 5.74) is 15.1. The summed E-state index contributed by atoms with van der Waals surface area (Å²) in [4.78, 5) is 21.9. The number of nitrogens with two attached hydrogens (primary N) is 2. The van der Waals surface area contributed by atoms with Gasteiger partial charge in [-0.15, -0.1) is 0 Å². The highest BCUT2D eigenvalue weighted by molar-refractivity contribution is 6.05. The van der Waals surface area contributed by atoms with Gasteiger partial charge < -0.3 is 16.2 Å². The fourth-order valence-electron chi connectivity index (χ4n) is 4.59. The number of hydrogen-bond donors (Lipinski definition) is 2. The van der Waals surface area contributed by atoms with Crippen molar-refractivity contribution in [1.29, 1.82) is 0 Å². The summed E-state index contributed by atoms with van der Waals surface area (Å²) >= 11 is 0. The summed E-state index contributed by atoms with van der Waals surface area (Å²) in [6.45, 7) is 5.96. The van der Waals surface area contributed by atoms with Crippen molar-refractivity contribution in [2.24, 2.45) is 21.5 Å². The maximum Gasteiger partial charge on any atom is 0.275 e. The van der Waals surface area contributed by atoms with Gasteiger partial charge in [-0.2, -0.15) is 4.99 Å². The van der Waals surface area contributed by atoms with Crippen molar-refractivity contribution >= 4 is 23.3 Å². The summed E-state index contributed by atoms with van der Waals surface area (Å²) in [5.74, 6) is 1.31. The molecule has 1 fully saturated rings. The van der Waals surface area contributed by atoms with Crippen molar-refractivity contribution in [1.82, 2.24) is 0 Å². The van der Waals surface area contributed by atoms with Crippen molar-refractivity contribution < 1.29 is 9.66 Å². The Labute approximate surface area is 186 Å². The predicted molar refractivity (Wildman–Crippen MR) is 125 cm³/mol. The van der Waals surface area contributed by atoms with Gasteiger partial charge in [0.2, 0.25) is 11.9 Å². The van der Waals surface area contributed by atoms with Crippen molar-refractivity contribution in [2.45, 2.75) is 58.5 Å². The standard InChI is InChI=1S/C23H28N6O3/c1-14-9-15(2)16(3)20(10-14)32-19-12-17(11-18(13-19)29(30)31)28-22(25)26-21(24)27-23(28)7-5-4-6-8-23/h9-13H,4-8H2,1-3H3,(H4,24,25,26,27). The molecule has 2 aliphatic rings. The molecule has 9 nitrogen and oxygen atoms in total. The average Bonchev–Trinajstić information content (AvgIpc) is 2.71. The number of nitro benzene ring substituents is 1. The average molecular weight is 437 g/mol. The van der Waals surface area contributed by atoms with Gasteiger partial charge in [0.05, 0.1) is 16.7 Å². The maximum absolute atomic E-state index is 11.7. The zero-order chi connectivity index (χ0) is 23.0. The lowest BCUT2D eigenvalue weighted by atomic mass is 9.87. The smallest absolute Gasteiger partial charge is 0.275 e. The minimum Gasteiger partial charge on any atom is -0.457 e. The molecule has 2 aromatic carbocycles. The first-order valence-corrected chi connectivity index (χ1v) is 10.7. The lowest BCUT2D eigenvalue weighted by Crippen LogP contribution is -2.58. The largest absolute Gasteiger partial charge is 0.457 e. The number of ether oxygens (including phenoxy) is 1. The number of aliphatic imine (C=N–C) groups is 2. The normalized spacial score (nSPS) is 17.7. The lowest BCUT2D eigenvalue weighted by Gasteiger charge is -2.45. The second-order valence-electron chi connectivity index (χ2n) is 8.57. The number of rotatable bonds is 4. The fraction of sp³-hybridized carbons (Fsp3) is 0.391. The van der Waals surface area contributed by atoms with E-state index in [1.54, 1.807) is 11.0 Å². The van der Waals surface area contributed by atoms with Gasteiger partial charge in [0.25, 0.3) is 5.69 Å². The first-order valence-electron chi connectivity index (χ1n) is 10.7.